The lowest BCUT2D eigenvalue weighted by Gasteiger charge is -2.29. The zero-order valence-electron chi connectivity index (χ0n) is 17.9. The van der Waals surface area contributed by atoms with Crippen LogP contribution in [0, 0.1) is 0 Å². The second-order valence-corrected chi connectivity index (χ2v) is 9.32. The Labute approximate surface area is 192 Å². The number of nitrogens with one attached hydrogen (secondary N) is 1. The van der Waals surface area contributed by atoms with Crippen LogP contribution in [0.25, 0.3) is 11.3 Å². The van der Waals surface area contributed by atoms with Crippen LogP contribution >= 0.6 is 11.8 Å². The number of hydrogen-bond donors (Lipinski definition) is 1. The minimum absolute atomic E-state index is 0.00741. The maximum Gasteiger partial charge on any atom is 0.227 e. The van der Waals surface area contributed by atoms with Crippen molar-refractivity contribution >= 4 is 35.0 Å². The third kappa shape index (κ3) is 4.43. The Morgan fingerprint density at radius 2 is 1.84 bits per heavy atom. The molecule has 0 saturated carbocycles. The first-order valence-electron chi connectivity index (χ1n) is 11.2. The van der Waals surface area contributed by atoms with E-state index in [1.54, 1.807) is 16.7 Å². The summed E-state index contributed by atoms with van der Waals surface area (Å²) in [5.41, 5.74) is 3.70. The lowest BCUT2D eigenvalue weighted by Crippen LogP contribution is -2.35. The third-order valence-electron chi connectivity index (χ3n) is 5.97. The molecule has 2 aliphatic rings. The summed E-state index contributed by atoms with van der Waals surface area (Å²) in [6.07, 6.45) is 5.93. The van der Waals surface area contributed by atoms with Crippen LogP contribution in [-0.2, 0) is 22.6 Å². The number of amides is 2. The minimum Gasteiger partial charge on any atom is -0.334 e. The highest BCUT2D eigenvalue weighted by molar-refractivity contribution is 7.99. The number of imidazole rings is 1. The Bertz CT molecular complexity index is 1120. The maximum absolute atomic E-state index is 12.7. The zero-order valence-corrected chi connectivity index (χ0v) is 18.7. The molecule has 2 amide bonds. The number of benzene rings is 2. The number of para-hydroxylation sites is 1. The molecule has 0 saturated heterocycles. The van der Waals surface area contributed by atoms with Crippen LogP contribution in [-0.4, -0.2) is 33.7 Å². The molecule has 3 aromatic rings. The summed E-state index contributed by atoms with van der Waals surface area (Å²) in [5.74, 6) is 1.87. The molecule has 3 heterocycles. The number of carbonyl (C=O) groups excluding carboxylic acids is 2. The maximum atomic E-state index is 12.7. The van der Waals surface area contributed by atoms with E-state index in [2.05, 4.69) is 16.1 Å². The highest BCUT2D eigenvalue weighted by Crippen LogP contribution is 2.34. The zero-order chi connectivity index (χ0) is 21.9. The third-order valence-corrected chi connectivity index (χ3v) is 7.01. The highest BCUT2D eigenvalue weighted by Gasteiger charge is 2.23. The van der Waals surface area contributed by atoms with Crippen molar-refractivity contribution in [1.29, 1.82) is 0 Å². The van der Waals surface area contributed by atoms with Gasteiger partial charge in [0.05, 0.1) is 11.4 Å². The molecule has 164 valence electrons. The molecule has 0 atom stereocenters. The van der Waals surface area contributed by atoms with E-state index in [4.69, 9.17) is 4.98 Å². The molecule has 32 heavy (non-hydrogen) atoms. The standard InChI is InChI=1S/C25H26N4O2S/c30-24(12-13-25(31)29-15-16-32-22-6-2-1-5-21(22)29)26-19-10-8-18(9-11-19)20-17-28-14-4-3-7-23(28)27-20/h1-2,5-6,8-11,17H,3-4,7,12-16H2,(H,26,30). The minimum atomic E-state index is -0.150. The number of rotatable bonds is 5. The molecule has 0 unspecified atom stereocenters. The molecular formula is C25H26N4O2S. The Hall–Kier alpha value is -3.06. The van der Waals surface area contributed by atoms with Gasteiger partial charge in [-0.05, 0) is 37.1 Å². The lowest BCUT2D eigenvalue weighted by molar-refractivity contribution is -0.122. The smallest absolute Gasteiger partial charge is 0.227 e. The molecule has 0 fully saturated rings. The molecule has 0 bridgehead atoms. The van der Waals surface area contributed by atoms with E-state index in [9.17, 15) is 9.59 Å². The lowest BCUT2D eigenvalue weighted by atomic mass is 10.1. The summed E-state index contributed by atoms with van der Waals surface area (Å²) >= 11 is 1.76. The van der Waals surface area contributed by atoms with Crippen molar-refractivity contribution in [2.24, 2.45) is 0 Å². The summed E-state index contributed by atoms with van der Waals surface area (Å²) in [6.45, 7) is 1.72. The monoisotopic (exact) mass is 446 g/mol. The number of carbonyl (C=O) groups is 2. The van der Waals surface area contributed by atoms with Gasteiger partial charge in [-0.3, -0.25) is 9.59 Å². The Morgan fingerprint density at radius 1 is 1.00 bits per heavy atom. The Balaban J connectivity index is 1.16. The fourth-order valence-corrected chi connectivity index (χ4v) is 5.28. The Morgan fingerprint density at radius 3 is 2.69 bits per heavy atom. The van der Waals surface area contributed by atoms with Crippen LogP contribution in [0.15, 0.2) is 59.6 Å². The van der Waals surface area contributed by atoms with Crippen LogP contribution in [0.3, 0.4) is 0 Å². The van der Waals surface area contributed by atoms with Crippen molar-refractivity contribution in [3.8, 4) is 11.3 Å². The van der Waals surface area contributed by atoms with E-state index < -0.39 is 0 Å². The number of hydrogen-bond acceptors (Lipinski definition) is 4. The number of aromatic nitrogens is 2. The molecule has 5 rings (SSSR count). The molecule has 1 N–H and O–H groups in total. The SMILES string of the molecule is O=C(CCC(=O)N1CCSc2ccccc21)Nc1ccc(-c2cn3c(n2)CCCC3)cc1. The fourth-order valence-electron chi connectivity index (χ4n) is 4.28. The van der Waals surface area contributed by atoms with Crippen molar-refractivity contribution in [3.05, 3.63) is 60.6 Å². The average molecular weight is 447 g/mol. The molecular weight excluding hydrogens is 420 g/mol. The molecule has 6 nitrogen and oxygen atoms in total. The average Bonchev–Trinajstić information content (AvgIpc) is 3.27. The van der Waals surface area contributed by atoms with Gasteiger partial charge >= 0.3 is 0 Å². The molecule has 2 aromatic carbocycles. The summed E-state index contributed by atoms with van der Waals surface area (Å²) in [4.78, 5) is 32.8. The first-order valence-corrected chi connectivity index (χ1v) is 12.1. The number of fused-ring (bicyclic) bond motifs is 2. The number of thioether (sulfide) groups is 1. The van der Waals surface area contributed by atoms with Gasteiger partial charge in [0.25, 0.3) is 0 Å². The van der Waals surface area contributed by atoms with E-state index in [0.717, 1.165) is 52.1 Å². The van der Waals surface area contributed by atoms with E-state index >= 15 is 0 Å². The number of aryl methyl sites for hydroxylation is 2. The van der Waals surface area contributed by atoms with Crippen LogP contribution in [0.5, 0.6) is 0 Å². The van der Waals surface area contributed by atoms with Gasteiger partial charge in [-0.1, -0.05) is 24.3 Å². The van der Waals surface area contributed by atoms with Crippen molar-refractivity contribution in [1.82, 2.24) is 9.55 Å². The first kappa shape index (κ1) is 20.8. The summed E-state index contributed by atoms with van der Waals surface area (Å²) in [5, 5.41) is 2.91. The van der Waals surface area contributed by atoms with Crippen molar-refractivity contribution in [2.45, 2.75) is 43.5 Å². The van der Waals surface area contributed by atoms with Gasteiger partial charge in [0.1, 0.15) is 5.82 Å². The van der Waals surface area contributed by atoms with Gasteiger partial charge in [0, 0.05) is 60.4 Å². The van der Waals surface area contributed by atoms with Gasteiger partial charge in [-0.2, -0.15) is 0 Å². The molecule has 2 aliphatic heterocycles. The van der Waals surface area contributed by atoms with Gasteiger partial charge in [0.2, 0.25) is 11.8 Å². The fraction of sp³-hybridized carbons (Fsp3) is 0.320. The van der Waals surface area contributed by atoms with E-state index in [1.165, 1.54) is 12.8 Å². The van der Waals surface area contributed by atoms with Crippen LogP contribution in [0.4, 0.5) is 11.4 Å². The van der Waals surface area contributed by atoms with E-state index in [-0.39, 0.29) is 24.7 Å². The predicted octanol–water partition coefficient (Wildman–Crippen LogP) is 4.74. The molecule has 7 heteroatoms. The number of anilines is 2. The van der Waals surface area contributed by atoms with Crippen LogP contribution in [0.1, 0.15) is 31.5 Å². The second kappa shape index (κ2) is 9.20. The molecule has 0 aliphatic carbocycles. The quantitative estimate of drug-likeness (QED) is 0.615. The van der Waals surface area contributed by atoms with E-state index in [0.29, 0.717) is 6.54 Å². The topological polar surface area (TPSA) is 67.2 Å². The molecule has 0 spiro atoms. The summed E-state index contributed by atoms with van der Waals surface area (Å²) in [6, 6.07) is 15.7. The first-order chi connectivity index (χ1) is 15.7. The van der Waals surface area contributed by atoms with Crippen molar-refractivity contribution in [2.75, 3.05) is 22.5 Å². The van der Waals surface area contributed by atoms with E-state index in [1.807, 2.05) is 48.5 Å². The van der Waals surface area contributed by atoms with Gasteiger partial charge < -0.3 is 14.8 Å². The van der Waals surface area contributed by atoms with Crippen LogP contribution in [0.2, 0.25) is 0 Å². The Kier molecular flexibility index (Phi) is 5.99. The number of nitrogens with zero attached hydrogens (tertiary/aromatic N) is 3. The highest BCUT2D eigenvalue weighted by atomic mass is 32.2. The van der Waals surface area contributed by atoms with Gasteiger partial charge in [-0.15, -0.1) is 11.8 Å². The van der Waals surface area contributed by atoms with Gasteiger partial charge in [0.15, 0.2) is 0 Å². The summed E-state index contributed by atoms with van der Waals surface area (Å²) in [7, 11) is 0. The second-order valence-electron chi connectivity index (χ2n) is 8.18. The normalized spacial score (nSPS) is 15.1. The van der Waals surface area contributed by atoms with Crippen molar-refractivity contribution < 1.29 is 9.59 Å². The molecule has 0 radical (unpaired) electrons. The van der Waals surface area contributed by atoms with Gasteiger partial charge in [-0.25, -0.2) is 4.98 Å². The molecule has 1 aromatic heterocycles. The van der Waals surface area contributed by atoms with Crippen molar-refractivity contribution in [3.63, 3.8) is 0 Å². The predicted molar refractivity (Wildman–Crippen MR) is 128 cm³/mol. The summed E-state index contributed by atoms with van der Waals surface area (Å²) < 4.78 is 2.24. The van der Waals surface area contributed by atoms with Crippen LogP contribution < -0.4 is 10.2 Å². The largest absolute Gasteiger partial charge is 0.334 e.